The van der Waals surface area contributed by atoms with Crippen molar-refractivity contribution in [3.63, 3.8) is 0 Å². The summed E-state index contributed by atoms with van der Waals surface area (Å²) in [5.74, 6) is -0.664. The van der Waals surface area contributed by atoms with Crippen molar-refractivity contribution in [1.29, 1.82) is 0 Å². The Bertz CT molecular complexity index is 1090. The molecule has 0 radical (unpaired) electrons. The molecule has 0 bridgehead atoms. The summed E-state index contributed by atoms with van der Waals surface area (Å²) in [5, 5.41) is 0.124. The fraction of sp³-hybridized carbons (Fsp3) is 0.238. The first-order chi connectivity index (χ1) is 14.7. The molecule has 164 valence electrons. The van der Waals surface area contributed by atoms with E-state index in [0.29, 0.717) is 5.56 Å². The van der Waals surface area contributed by atoms with E-state index < -0.39 is 16.0 Å². The van der Waals surface area contributed by atoms with E-state index in [4.69, 9.17) is 23.2 Å². The lowest BCUT2D eigenvalue weighted by atomic mass is 10.1. The van der Waals surface area contributed by atoms with Gasteiger partial charge in [0.05, 0.1) is 22.7 Å². The molecule has 10 heteroatoms. The third-order valence-corrected chi connectivity index (χ3v) is 7.67. The molecular formula is C21H20Cl2N2O5S. The largest absolute Gasteiger partial charge is 0.465 e. The number of hydrogen-bond donors (Lipinski definition) is 0. The molecule has 0 N–H and O–H groups in total. The van der Waals surface area contributed by atoms with E-state index in [-0.39, 0.29) is 47.0 Å². The molecule has 3 rings (SSSR count). The molecule has 1 fully saturated rings. The highest BCUT2D eigenvalue weighted by Gasteiger charge is 2.32. The fourth-order valence-corrected chi connectivity index (χ4v) is 5.64. The molecule has 0 saturated carbocycles. The van der Waals surface area contributed by atoms with Crippen LogP contribution in [0.5, 0.6) is 0 Å². The van der Waals surface area contributed by atoms with Crippen LogP contribution in [0.25, 0.3) is 6.08 Å². The zero-order chi connectivity index (χ0) is 22.6. The zero-order valence-corrected chi connectivity index (χ0v) is 19.0. The summed E-state index contributed by atoms with van der Waals surface area (Å²) in [6.45, 7) is 0.756. The first kappa shape index (κ1) is 23.3. The number of benzene rings is 2. The van der Waals surface area contributed by atoms with Crippen LogP contribution in [-0.4, -0.2) is 62.8 Å². The summed E-state index contributed by atoms with van der Waals surface area (Å²) in [6.07, 6.45) is 3.05. The lowest BCUT2D eigenvalue weighted by molar-refractivity contribution is -0.127. The van der Waals surface area contributed by atoms with Gasteiger partial charge in [-0.2, -0.15) is 4.31 Å². The van der Waals surface area contributed by atoms with Crippen LogP contribution in [0.1, 0.15) is 15.9 Å². The Hall–Kier alpha value is -2.39. The minimum absolute atomic E-state index is 0.0622. The minimum atomic E-state index is -3.87. The lowest BCUT2D eigenvalue weighted by Crippen LogP contribution is -2.50. The SMILES string of the molecule is COC(=O)c1ccc(/C=C/C(=O)N2CCN(S(=O)(=O)c3c(Cl)cccc3Cl)CC2)cc1. The smallest absolute Gasteiger partial charge is 0.337 e. The summed E-state index contributed by atoms with van der Waals surface area (Å²) >= 11 is 12.1. The maximum absolute atomic E-state index is 12.9. The molecule has 1 aliphatic heterocycles. The third kappa shape index (κ3) is 5.27. The van der Waals surface area contributed by atoms with Crippen LogP contribution in [0.3, 0.4) is 0 Å². The van der Waals surface area contributed by atoms with E-state index in [1.54, 1.807) is 41.3 Å². The molecule has 0 atom stereocenters. The molecule has 0 aliphatic carbocycles. The van der Waals surface area contributed by atoms with Crippen molar-refractivity contribution in [1.82, 2.24) is 9.21 Å². The number of ether oxygens (including phenoxy) is 1. The Balaban J connectivity index is 1.62. The monoisotopic (exact) mass is 482 g/mol. The Morgan fingerprint density at radius 3 is 2.10 bits per heavy atom. The van der Waals surface area contributed by atoms with Crippen molar-refractivity contribution in [3.8, 4) is 0 Å². The van der Waals surface area contributed by atoms with Crippen molar-refractivity contribution in [2.24, 2.45) is 0 Å². The third-order valence-electron chi connectivity index (χ3n) is 4.82. The Labute approximate surface area is 190 Å². The molecule has 1 heterocycles. The number of hydrogen-bond acceptors (Lipinski definition) is 5. The fourth-order valence-electron chi connectivity index (χ4n) is 3.13. The summed E-state index contributed by atoms with van der Waals surface area (Å²) in [7, 11) is -2.56. The second-order valence-corrected chi connectivity index (χ2v) is 9.42. The van der Waals surface area contributed by atoms with Gasteiger partial charge in [-0.15, -0.1) is 0 Å². The number of methoxy groups -OCH3 is 1. The van der Waals surface area contributed by atoms with E-state index in [1.807, 2.05) is 0 Å². The number of carbonyl (C=O) groups excluding carboxylic acids is 2. The van der Waals surface area contributed by atoms with Gasteiger partial charge in [0.1, 0.15) is 4.90 Å². The number of amides is 1. The van der Waals surface area contributed by atoms with Crippen molar-refractivity contribution < 1.29 is 22.7 Å². The standard InChI is InChI=1S/C21H20Cl2N2O5S/c1-30-21(27)16-8-5-15(6-9-16)7-10-19(26)24-11-13-25(14-12-24)31(28,29)20-17(22)3-2-4-18(20)23/h2-10H,11-14H2,1H3/b10-7+. The van der Waals surface area contributed by atoms with Gasteiger partial charge >= 0.3 is 5.97 Å². The molecular weight excluding hydrogens is 463 g/mol. The summed E-state index contributed by atoms with van der Waals surface area (Å²) in [6, 6.07) is 11.2. The van der Waals surface area contributed by atoms with Crippen molar-refractivity contribution in [2.45, 2.75) is 4.90 Å². The van der Waals surface area contributed by atoms with Gasteiger partial charge in [0, 0.05) is 32.3 Å². The number of nitrogens with zero attached hydrogens (tertiary/aromatic N) is 2. The van der Waals surface area contributed by atoms with Gasteiger partial charge in [0.2, 0.25) is 15.9 Å². The van der Waals surface area contributed by atoms with E-state index in [9.17, 15) is 18.0 Å². The molecule has 2 aromatic rings. The van der Waals surface area contributed by atoms with E-state index in [0.717, 1.165) is 5.56 Å². The van der Waals surface area contributed by atoms with Gasteiger partial charge in [0.15, 0.2) is 0 Å². The molecule has 7 nitrogen and oxygen atoms in total. The van der Waals surface area contributed by atoms with Crippen LogP contribution in [0.15, 0.2) is 53.4 Å². The molecule has 0 unspecified atom stereocenters. The molecule has 1 saturated heterocycles. The molecule has 0 aromatic heterocycles. The summed E-state index contributed by atoms with van der Waals surface area (Å²) in [4.78, 5) is 25.4. The second kappa shape index (κ2) is 9.82. The predicted molar refractivity (Wildman–Crippen MR) is 119 cm³/mol. The summed E-state index contributed by atoms with van der Waals surface area (Å²) in [5.41, 5.74) is 1.16. The molecule has 31 heavy (non-hydrogen) atoms. The van der Waals surface area contributed by atoms with Crippen molar-refractivity contribution >= 4 is 51.2 Å². The van der Waals surface area contributed by atoms with Gasteiger partial charge in [-0.05, 0) is 35.9 Å². The van der Waals surface area contributed by atoms with Crippen LogP contribution in [0.4, 0.5) is 0 Å². The average Bonchev–Trinajstić information content (AvgIpc) is 2.77. The van der Waals surface area contributed by atoms with Gasteiger partial charge in [-0.25, -0.2) is 13.2 Å². The minimum Gasteiger partial charge on any atom is -0.465 e. The number of carbonyl (C=O) groups is 2. The molecule has 0 spiro atoms. The Morgan fingerprint density at radius 2 is 1.55 bits per heavy atom. The maximum Gasteiger partial charge on any atom is 0.337 e. The van der Waals surface area contributed by atoms with E-state index in [2.05, 4.69) is 4.74 Å². The van der Waals surface area contributed by atoms with Crippen LogP contribution in [-0.2, 0) is 19.6 Å². The van der Waals surface area contributed by atoms with Crippen LogP contribution in [0.2, 0.25) is 10.0 Å². The highest BCUT2D eigenvalue weighted by molar-refractivity contribution is 7.89. The highest BCUT2D eigenvalue weighted by Crippen LogP contribution is 2.31. The molecule has 1 amide bonds. The van der Waals surface area contributed by atoms with Gasteiger partial charge in [-0.1, -0.05) is 41.4 Å². The number of sulfonamides is 1. The van der Waals surface area contributed by atoms with Crippen molar-refractivity contribution in [2.75, 3.05) is 33.3 Å². The van der Waals surface area contributed by atoms with Crippen LogP contribution in [0, 0.1) is 0 Å². The van der Waals surface area contributed by atoms with Crippen LogP contribution < -0.4 is 0 Å². The van der Waals surface area contributed by atoms with Gasteiger partial charge in [0.25, 0.3) is 0 Å². The van der Waals surface area contributed by atoms with E-state index in [1.165, 1.54) is 29.6 Å². The van der Waals surface area contributed by atoms with E-state index >= 15 is 0 Å². The number of esters is 1. The summed E-state index contributed by atoms with van der Waals surface area (Å²) < 4.78 is 31.8. The second-order valence-electron chi connectivity index (χ2n) is 6.73. The average molecular weight is 483 g/mol. The van der Waals surface area contributed by atoms with Gasteiger partial charge < -0.3 is 9.64 Å². The Morgan fingerprint density at radius 1 is 0.968 bits per heavy atom. The number of piperazine rings is 1. The Kier molecular flexibility index (Phi) is 7.38. The first-order valence-corrected chi connectivity index (χ1v) is 11.5. The van der Waals surface area contributed by atoms with Gasteiger partial charge in [-0.3, -0.25) is 4.79 Å². The van der Waals surface area contributed by atoms with Crippen LogP contribution >= 0.6 is 23.2 Å². The highest BCUT2D eigenvalue weighted by atomic mass is 35.5. The quantitative estimate of drug-likeness (QED) is 0.481. The van der Waals surface area contributed by atoms with Crippen molar-refractivity contribution in [3.05, 3.63) is 69.7 Å². The first-order valence-electron chi connectivity index (χ1n) is 9.33. The predicted octanol–water partition coefficient (Wildman–Crippen LogP) is 3.33. The normalized spacial score (nSPS) is 15.3. The molecule has 2 aromatic carbocycles. The number of halogens is 2. The molecule has 1 aliphatic rings. The number of rotatable bonds is 5. The maximum atomic E-state index is 12.9. The topological polar surface area (TPSA) is 84.0 Å². The zero-order valence-electron chi connectivity index (χ0n) is 16.6. The lowest BCUT2D eigenvalue weighted by Gasteiger charge is -2.33.